The topological polar surface area (TPSA) is 64.9 Å². The molecule has 0 atom stereocenters. The Hall–Kier alpha value is -1.99. The third-order valence-corrected chi connectivity index (χ3v) is 2.63. The molecule has 0 bridgehead atoms. The number of amides is 1. The van der Waals surface area contributed by atoms with Crippen LogP contribution in [0.1, 0.15) is 12.0 Å². The smallest absolute Gasteiger partial charge is 0.263 e. The first-order valence-corrected chi connectivity index (χ1v) is 6.48. The van der Waals surface area contributed by atoms with Crippen molar-refractivity contribution < 1.29 is 4.79 Å². The first-order chi connectivity index (χ1) is 9.17. The molecule has 1 rings (SSSR count). The van der Waals surface area contributed by atoms with Gasteiger partial charge in [-0.15, -0.1) is 11.6 Å². The number of hydrogen-bond donors (Lipinski definition) is 2. The maximum atomic E-state index is 11.7. The summed E-state index contributed by atoms with van der Waals surface area (Å²) in [6, 6.07) is 9.53. The summed E-state index contributed by atoms with van der Waals surface area (Å²) >= 11 is 5.51. The molecule has 0 fully saturated rings. The normalized spacial score (nSPS) is 10.7. The molecule has 0 spiro atoms. The Labute approximate surface area is 118 Å². The third-order valence-electron chi connectivity index (χ3n) is 2.36. The molecule has 0 aliphatic carbocycles. The molecule has 0 saturated carbocycles. The van der Waals surface area contributed by atoms with Crippen LogP contribution in [0.15, 0.2) is 36.0 Å². The molecule has 0 heterocycles. The number of hydrogen-bond acceptors (Lipinski definition) is 3. The van der Waals surface area contributed by atoms with Crippen molar-refractivity contribution in [3.8, 4) is 6.07 Å². The largest absolute Gasteiger partial charge is 0.360 e. The Balaban J connectivity index is 2.62. The van der Waals surface area contributed by atoms with Gasteiger partial charge in [-0.25, -0.2) is 0 Å². The number of halogens is 1. The highest BCUT2D eigenvalue weighted by atomic mass is 35.5. The molecule has 100 valence electrons. The van der Waals surface area contributed by atoms with Gasteiger partial charge in [-0.1, -0.05) is 12.1 Å². The van der Waals surface area contributed by atoms with Gasteiger partial charge in [0.05, 0.1) is 0 Å². The number of anilines is 1. The maximum absolute atomic E-state index is 11.7. The van der Waals surface area contributed by atoms with Crippen LogP contribution >= 0.6 is 11.6 Å². The molecule has 4 nitrogen and oxygen atoms in total. The van der Waals surface area contributed by atoms with E-state index < -0.39 is 5.91 Å². The van der Waals surface area contributed by atoms with Gasteiger partial charge in [-0.05, 0) is 31.0 Å². The van der Waals surface area contributed by atoms with Gasteiger partial charge in [-0.2, -0.15) is 5.26 Å². The average molecular weight is 278 g/mol. The van der Waals surface area contributed by atoms with Crippen LogP contribution in [0.4, 0.5) is 5.69 Å². The molecule has 1 aromatic carbocycles. The third kappa shape index (κ3) is 5.45. The van der Waals surface area contributed by atoms with Crippen molar-refractivity contribution in [2.45, 2.75) is 13.3 Å². The summed E-state index contributed by atoms with van der Waals surface area (Å²) in [6.07, 6.45) is 2.09. The van der Waals surface area contributed by atoms with Crippen molar-refractivity contribution in [2.75, 3.05) is 17.7 Å². The Bertz CT molecular complexity index is 506. The number of carbonyl (C=O) groups excluding carboxylic acids is 1. The molecule has 0 aromatic heterocycles. The van der Waals surface area contributed by atoms with E-state index in [0.717, 1.165) is 11.3 Å². The number of nitrogens with zero attached hydrogens (tertiary/aromatic N) is 1. The molecular formula is C14H16ClN3O. The molecular weight excluding hydrogens is 262 g/mol. The van der Waals surface area contributed by atoms with Gasteiger partial charge in [0.2, 0.25) is 0 Å². The summed E-state index contributed by atoms with van der Waals surface area (Å²) in [6.45, 7) is 2.44. The van der Waals surface area contributed by atoms with Gasteiger partial charge in [0.25, 0.3) is 5.91 Å². The van der Waals surface area contributed by atoms with E-state index in [2.05, 4.69) is 10.6 Å². The van der Waals surface area contributed by atoms with E-state index in [1.807, 2.05) is 37.3 Å². The fourth-order valence-electron chi connectivity index (χ4n) is 1.40. The fraction of sp³-hybridized carbons (Fsp3) is 0.286. The molecule has 1 amide bonds. The molecule has 2 N–H and O–H groups in total. The zero-order chi connectivity index (χ0) is 14.1. The van der Waals surface area contributed by atoms with Gasteiger partial charge in [0.1, 0.15) is 11.6 Å². The Morgan fingerprint density at radius 3 is 2.95 bits per heavy atom. The maximum Gasteiger partial charge on any atom is 0.263 e. The summed E-state index contributed by atoms with van der Waals surface area (Å²) in [4.78, 5) is 11.7. The van der Waals surface area contributed by atoms with Crippen LogP contribution < -0.4 is 10.6 Å². The molecule has 0 aliphatic rings. The van der Waals surface area contributed by atoms with Gasteiger partial charge in [-0.3, -0.25) is 4.79 Å². The lowest BCUT2D eigenvalue weighted by atomic mass is 10.2. The SMILES string of the molecule is Cc1cccc(N/C=C(/C#N)C(=O)NCCCCl)c1. The van der Waals surface area contributed by atoms with Gasteiger partial charge in [0, 0.05) is 24.3 Å². The van der Waals surface area contributed by atoms with Crippen molar-refractivity contribution >= 4 is 23.2 Å². The zero-order valence-electron chi connectivity index (χ0n) is 10.7. The fourth-order valence-corrected chi connectivity index (χ4v) is 1.54. The number of alkyl halides is 1. The van der Waals surface area contributed by atoms with Crippen LogP contribution in [0, 0.1) is 18.3 Å². The number of aryl methyl sites for hydroxylation is 1. The van der Waals surface area contributed by atoms with E-state index in [-0.39, 0.29) is 5.57 Å². The second-order valence-corrected chi connectivity index (χ2v) is 4.36. The van der Waals surface area contributed by atoms with Gasteiger partial charge in [0.15, 0.2) is 0 Å². The van der Waals surface area contributed by atoms with Crippen LogP contribution in [-0.2, 0) is 4.79 Å². The molecule has 0 saturated heterocycles. The second-order valence-electron chi connectivity index (χ2n) is 3.98. The predicted molar refractivity (Wildman–Crippen MR) is 76.8 cm³/mol. The van der Waals surface area contributed by atoms with Crippen molar-refractivity contribution in [3.05, 3.63) is 41.6 Å². The van der Waals surface area contributed by atoms with Crippen molar-refractivity contribution in [1.29, 1.82) is 5.26 Å². The van der Waals surface area contributed by atoms with Gasteiger partial charge < -0.3 is 10.6 Å². The molecule has 5 heteroatoms. The molecule has 0 unspecified atom stereocenters. The van der Waals surface area contributed by atoms with Gasteiger partial charge >= 0.3 is 0 Å². The standard InChI is InChI=1S/C14H16ClN3O/c1-11-4-2-5-13(8-11)18-10-12(9-16)14(19)17-7-3-6-15/h2,4-5,8,10,18H,3,6-7H2,1H3,(H,17,19)/b12-10-. The van der Waals surface area contributed by atoms with Crippen LogP contribution in [0.25, 0.3) is 0 Å². The summed E-state index contributed by atoms with van der Waals surface area (Å²) in [7, 11) is 0. The number of rotatable bonds is 6. The minimum Gasteiger partial charge on any atom is -0.360 e. The van der Waals surface area contributed by atoms with E-state index >= 15 is 0 Å². The molecule has 19 heavy (non-hydrogen) atoms. The summed E-state index contributed by atoms with van der Waals surface area (Å²) in [5.74, 6) is 0.0840. The summed E-state index contributed by atoms with van der Waals surface area (Å²) in [5.41, 5.74) is 1.97. The molecule has 0 aliphatic heterocycles. The highest BCUT2D eigenvalue weighted by Crippen LogP contribution is 2.09. The van der Waals surface area contributed by atoms with Crippen molar-refractivity contribution in [3.63, 3.8) is 0 Å². The van der Waals surface area contributed by atoms with Crippen molar-refractivity contribution in [2.24, 2.45) is 0 Å². The number of carbonyl (C=O) groups is 1. The van der Waals surface area contributed by atoms with E-state index in [1.54, 1.807) is 0 Å². The highest BCUT2D eigenvalue weighted by molar-refractivity contribution is 6.17. The Morgan fingerprint density at radius 2 is 2.32 bits per heavy atom. The first kappa shape index (κ1) is 15.1. The van der Waals surface area contributed by atoms with E-state index in [9.17, 15) is 4.79 Å². The summed E-state index contributed by atoms with van der Waals surface area (Å²) < 4.78 is 0. The molecule has 1 aromatic rings. The second kappa shape index (κ2) is 8.17. The zero-order valence-corrected chi connectivity index (χ0v) is 11.5. The van der Waals surface area contributed by atoms with Crippen molar-refractivity contribution in [1.82, 2.24) is 5.32 Å². The quantitative estimate of drug-likeness (QED) is 0.363. The van der Waals surface area contributed by atoms with E-state index in [4.69, 9.17) is 16.9 Å². The number of nitriles is 1. The lowest BCUT2D eigenvalue weighted by molar-refractivity contribution is -0.117. The molecule has 0 radical (unpaired) electrons. The monoisotopic (exact) mass is 277 g/mol. The minimum absolute atomic E-state index is 0.0380. The van der Waals surface area contributed by atoms with E-state index in [1.165, 1.54) is 6.20 Å². The van der Waals surface area contributed by atoms with Crippen LogP contribution in [-0.4, -0.2) is 18.3 Å². The van der Waals surface area contributed by atoms with Crippen LogP contribution in [0.2, 0.25) is 0 Å². The summed E-state index contributed by atoms with van der Waals surface area (Å²) in [5, 5.41) is 14.5. The number of benzene rings is 1. The Kier molecular flexibility index (Phi) is 6.48. The Morgan fingerprint density at radius 1 is 1.53 bits per heavy atom. The van der Waals surface area contributed by atoms with E-state index in [0.29, 0.717) is 18.8 Å². The average Bonchev–Trinajstić information content (AvgIpc) is 2.40. The predicted octanol–water partition coefficient (Wildman–Crippen LogP) is 2.56. The van der Waals surface area contributed by atoms with Crippen LogP contribution in [0.5, 0.6) is 0 Å². The van der Waals surface area contributed by atoms with Crippen LogP contribution in [0.3, 0.4) is 0 Å². The number of nitrogens with one attached hydrogen (secondary N) is 2. The first-order valence-electron chi connectivity index (χ1n) is 5.95. The minimum atomic E-state index is -0.396. The highest BCUT2D eigenvalue weighted by Gasteiger charge is 2.07. The lowest BCUT2D eigenvalue weighted by Crippen LogP contribution is -2.26. The lowest BCUT2D eigenvalue weighted by Gasteiger charge is -2.04.